The lowest BCUT2D eigenvalue weighted by Gasteiger charge is -2.29. The number of nitrogens with zero attached hydrogens (tertiary/aromatic N) is 1. The Morgan fingerprint density at radius 1 is 0.439 bits per heavy atom. The number of aliphatic hydroxyl groups is 1. The van der Waals surface area contributed by atoms with Crippen molar-refractivity contribution in [2.75, 3.05) is 40.9 Å². The summed E-state index contributed by atoms with van der Waals surface area (Å²) in [7, 11) is 1.19. The summed E-state index contributed by atoms with van der Waals surface area (Å²) < 4.78 is 23.4. The molecular formula is C73H127N2O6P. The minimum absolute atomic E-state index is 0.0248. The molecule has 0 heterocycles. The van der Waals surface area contributed by atoms with Crippen LogP contribution in [-0.4, -0.2) is 68.5 Å². The maximum absolute atomic E-state index is 13.0. The number of likely N-dealkylation sites (N-methyl/N-ethyl adjacent to an activating group) is 1. The third-order valence-corrected chi connectivity index (χ3v) is 15.3. The van der Waals surface area contributed by atoms with E-state index in [0.29, 0.717) is 17.4 Å². The Bertz CT molecular complexity index is 1800. The molecule has 82 heavy (non-hydrogen) atoms. The van der Waals surface area contributed by atoms with Gasteiger partial charge in [0.2, 0.25) is 5.91 Å². The molecule has 1 amide bonds. The lowest BCUT2D eigenvalue weighted by atomic mass is 10.0. The first kappa shape index (κ1) is 78.6. The molecule has 0 aromatic rings. The molecule has 0 aliphatic rings. The fraction of sp³-hybridized carbons (Fsp3) is 0.685. The van der Waals surface area contributed by atoms with Crippen molar-refractivity contribution in [3.05, 3.63) is 134 Å². The molecule has 3 unspecified atom stereocenters. The number of nitrogens with one attached hydrogen (secondary N) is 1. The average Bonchev–Trinajstić information content (AvgIpc) is 3.47. The first-order valence-corrected chi connectivity index (χ1v) is 35.0. The largest absolute Gasteiger partial charge is 0.756 e. The molecule has 0 fully saturated rings. The second-order valence-corrected chi connectivity index (χ2v) is 24.8. The van der Waals surface area contributed by atoms with Crippen LogP contribution in [0.4, 0.5) is 0 Å². The Morgan fingerprint density at radius 3 is 1.13 bits per heavy atom. The molecule has 0 saturated carbocycles. The number of carbonyl (C=O) groups is 1. The molecule has 0 aliphatic carbocycles. The van der Waals surface area contributed by atoms with Crippen LogP contribution in [-0.2, 0) is 18.4 Å². The quantitative estimate of drug-likeness (QED) is 0.0272. The zero-order valence-corrected chi connectivity index (χ0v) is 54.5. The van der Waals surface area contributed by atoms with E-state index in [0.717, 1.165) is 83.5 Å². The molecule has 0 bridgehead atoms. The van der Waals surface area contributed by atoms with Gasteiger partial charge in [0.15, 0.2) is 0 Å². The molecule has 3 atom stereocenters. The molecule has 0 spiro atoms. The summed E-state index contributed by atoms with van der Waals surface area (Å²) in [5.74, 6) is -0.268. The number of allylic oxidation sites excluding steroid dienone is 21. The van der Waals surface area contributed by atoms with Crippen molar-refractivity contribution in [1.82, 2.24) is 5.32 Å². The molecule has 0 saturated heterocycles. The fourth-order valence-corrected chi connectivity index (χ4v) is 9.90. The maximum atomic E-state index is 13.0. The highest BCUT2D eigenvalue weighted by atomic mass is 31.2. The van der Waals surface area contributed by atoms with Gasteiger partial charge in [-0.3, -0.25) is 9.36 Å². The fourth-order valence-electron chi connectivity index (χ4n) is 9.17. The highest BCUT2D eigenvalue weighted by molar-refractivity contribution is 7.45. The average molecular weight is 1160 g/mol. The van der Waals surface area contributed by atoms with Gasteiger partial charge in [-0.05, 0) is 96.3 Å². The minimum Gasteiger partial charge on any atom is -0.756 e. The molecule has 470 valence electrons. The predicted molar refractivity (Wildman–Crippen MR) is 357 cm³/mol. The van der Waals surface area contributed by atoms with Gasteiger partial charge in [-0.2, -0.15) is 0 Å². The van der Waals surface area contributed by atoms with Crippen LogP contribution in [0.5, 0.6) is 0 Å². The van der Waals surface area contributed by atoms with Crippen molar-refractivity contribution in [2.45, 2.75) is 283 Å². The van der Waals surface area contributed by atoms with Crippen molar-refractivity contribution < 1.29 is 32.9 Å². The van der Waals surface area contributed by atoms with Gasteiger partial charge in [0.05, 0.1) is 39.9 Å². The summed E-state index contributed by atoms with van der Waals surface area (Å²) in [4.78, 5) is 25.6. The molecule has 0 rings (SSSR count). The van der Waals surface area contributed by atoms with Gasteiger partial charge in [0.25, 0.3) is 7.82 Å². The predicted octanol–water partition coefficient (Wildman–Crippen LogP) is 20.8. The number of aliphatic hydroxyl groups excluding tert-OH is 1. The number of hydrogen-bond donors (Lipinski definition) is 2. The van der Waals surface area contributed by atoms with Crippen LogP contribution in [0.2, 0.25) is 0 Å². The van der Waals surface area contributed by atoms with E-state index in [1.807, 2.05) is 27.2 Å². The molecule has 0 radical (unpaired) electrons. The van der Waals surface area contributed by atoms with Crippen molar-refractivity contribution in [3.63, 3.8) is 0 Å². The van der Waals surface area contributed by atoms with Gasteiger partial charge in [-0.25, -0.2) is 0 Å². The van der Waals surface area contributed by atoms with Gasteiger partial charge in [0.1, 0.15) is 13.2 Å². The molecule has 2 N–H and O–H groups in total. The first-order chi connectivity index (χ1) is 40.0. The highest BCUT2D eigenvalue weighted by Crippen LogP contribution is 2.38. The van der Waals surface area contributed by atoms with E-state index in [1.165, 1.54) is 161 Å². The number of amides is 1. The number of phosphoric ester groups is 1. The van der Waals surface area contributed by atoms with Gasteiger partial charge in [-0.15, -0.1) is 0 Å². The summed E-state index contributed by atoms with van der Waals surface area (Å²) in [5, 5.41) is 13.9. The van der Waals surface area contributed by atoms with Crippen LogP contribution in [0.25, 0.3) is 0 Å². The summed E-state index contributed by atoms with van der Waals surface area (Å²) in [6, 6.07) is -0.947. The van der Waals surface area contributed by atoms with Crippen LogP contribution >= 0.6 is 7.82 Å². The molecule has 0 aromatic heterocycles. The van der Waals surface area contributed by atoms with Crippen molar-refractivity contribution >= 4 is 13.7 Å². The number of carbonyl (C=O) groups excluding carboxylic acids is 1. The lowest BCUT2D eigenvalue weighted by molar-refractivity contribution is -0.870. The van der Waals surface area contributed by atoms with Crippen LogP contribution in [0, 0.1) is 0 Å². The Balaban J connectivity index is 4.28. The Hall–Kier alpha value is -3.36. The van der Waals surface area contributed by atoms with E-state index in [2.05, 4.69) is 141 Å². The second-order valence-electron chi connectivity index (χ2n) is 23.4. The van der Waals surface area contributed by atoms with E-state index in [4.69, 9.17) is 9.05 Å². The monoisotopic (exact) mass is 1160 g/mol. The van der Waals surface area contributed by atoms with Crippen LogP contribution < -0.4 is 10.2 Å². The number of phosphoric acid groups is 1. The third kappa shape index (κ3) is 64.2. The third-order valence-electron chi connectivity index (χ3n) is 14.3. The summed E-state index contributed by atoms with van der Waals surface area (Å²) in [5.41, 5.74) is 0. The second kappa shape index (κ2) is 62.2. The smallest absolute Gasteiger partial charge is 0.268 e. The van der Waals surface area contributed by atoms with Crippen molar-refractivity contribution in [3.8, 4) is 0 Å². The van der Waals surface area contributed by atoms with Crippen LogP contribution in [0.1, 0.15) is 271 Å². The topological polar surface area (TPSA) is 108 Å². The van der Waals surface area contributed by atoms with Crippen molar-refractivity contribution in [2.24, 2.45) is 0 Å². The van der Waals surface area contributed by atoms with Crippen LogP contribution in [0.15, 0.2) is 134 Å². The van der Waals surface area contributed by atoms with Crippen LogP contribution in [0.3, 0.4) is 0 Å². The molecule has 8 nitrogen and oxygen atoms in total. The van der Waals surface area contributed by atoms with E-state index in [-0.39, 0.29) is 18.9 Å². The molecular weight excluding hydrogens is 1030 g/mol. The van der Waals surface area contributed by atoms with Gasteiger partial charge in [-0.1, -0.05) is 302 Å². The van der Waals surface area contributed by atoms with Crippen molar-refractivity contribution in [1.29, 1.82) is 0 Å². The Labute approximate surface area is 506 Å². The number of hydrogen-bond acceptors (Lipinski definition) is 6. The first-order valence-electron chi connectivity index (χ1n) is 33.5. The standard InChI is InChI=1S/C73H127N2O6P/c1-6-8-10-12-14-16-18-20-22-24-26-28-30-32-34-36-37-39-40-42-44-46-48-50-52-54-56-58-60-62-64-66-72(76)71(70-81-82(78,79)80-69-68-75(3,4)5)74-73(77)67-65-63-61-59-57-55-53-51-49-47-45-43-41-38-35-33-31-29-27-25-23-21-19-17-15-13-11-9-7-2/h9,11,15,17,21,23,27,29,33,35,41,43,47,49,53,55-56,58-59,61,64,66,71-72,76H,6-8,10,12-14,16,18-20,22,24-26,28,30-32,34,36-40,42,44-46,48,50-52,54,57,60,62-63,65,67-70H2,1-5H3,(H-,74,77,78,79)/b11-9-,17-15-,23-21-,29-27-,35-33-,43-41-,49-47-,55-53-,58-56+,61-59-,66-64+. The zero-order chi connectivity index (χ0) is 59.8. The van der Waals surface area contributed by atoms with Gasteiger partial charge < -0.3 is 28.8 Å². The molecule has 0 aromatic carbocycles. The maximum Gasteiger partial charge on any atom is 0.268 e. The SMILES string of the molecule is CC/C=C\C/C=C\C/C=C\C/C=C\C/C=C\C/C=C\C/C=C\C/C=C\C/C=C\CCCC(=O)NC(COP(=O)([O-])OCC[N+](C)(C)C)C(O)/C=C/CC/C=C/CCCCCCCCCCCCCCCCCCCCCCCCCCC. The summed E-state index contributed by atoms with van der Waals surface area (Å²) >= 11 is 0. The number of rotatable bonds is 60. The Kier molecular flexibility index (Phi) is 59.6. The number of quaternary nitrogens is 1. The lowest BCUT2D eigenvalue weighted by Crippen LogP contribution is -2.45. The number of unbranched alkanes of at least 4 members (excludes halogenated alkanes) is 27. The van der Waals surface area contributed by atoms with E-state index in [1.54, 1.807) is 6.08 Å². The zero-order valence-electron chi connectivity index (χ0n) is 53.6. The Morgan fingerprint density at radius 2 is 0.756 bits per heavy atom. The normalized spacial score (nSPS) is 14.6. The van der Waals surface area contributed by atoms with E-state index >= 15 is 0 Å². The molecule has 9 heteroatoms. The highest BCUT2D eigenvalue weighted by Gasteiger charge is 2.23. The minimum atomic E-state index is -4.64. The molecule has 0 aliphatic heterocycles. The van der Waals surface area contributed by atoms with Gasteiger partial charge in [0, 0.05) is 6.42 Å². The van der Waals surface area contributed by atoms with E-state index in [9.17, 15) is 19.4 Å². The summed E-state index contributed by atoms with van der Waals surface area (Å²) in [6.07, 6.45) is 94.4. The van der Waals surface area contributed by atoms with Gasteiger partial charge >= 0.3 is 0 Å². The summed E-state index contributed by atoms with van der Waals surface area (Å²) in [6.45, 7) is 4.48. The van der Waals surface area contributed by atoms with E-state index < -0.39 is 26.6 Å².